The Bertz CT molecular complexity index is 616. The largest absolute Gasteiger partial charge is 0.316 e. The highest BCUT2D eigenvalue weighted by Gasteiger charge is 2.12. The lowest BCUT2D eigenvalue weighted by Gasteiger charge is -2.21. The van der Waals surface area contributed by atoms with E-state index in [-0.39, 0.29) is 11.7 Å². The van der Waals surface area contributed by atoms with Gasteiger partial charge in [-0.25, -0.2) is 4.39 Å². The van der Waals surface area contributed by atoms with E-state index in [4.69, 9.17) is 0 Å². The van der Waals surface area contributed by atoms with Gasteiger partial charge < -0.3 is 10.2 Å². The molecule has 0 aliphatic rings. The second-order valence-corrected chi connectivity index (χ2v) is 5.31. The molecule has 0 saturated heterocycles. The van der Waals surface area contributed by atoms with Crippen molar-refractivity contribution in [1.82, 2.24) is 5.32 Å². The summed E-state index contributed by atoms with van der Waals surface area (Å²) in [6.07, 6.45) is 1.05. The van der Waals surface area contributed by atoms with E-state index in [0.29, 0.717) is 38.0 Å². The van der Waals surface area contributed by atoms with E-state index in [0.717, 1.165) is 5.69 Å². The lowest BCUT2D eigenvalue weighted by molar-refractivity contribution is -0.118. The highest BCUT2D eigenvalue weighted by atomic mass is 19.1. The molecule has 1 N–H and O–H groups in total. The number of hydrogen-bond acceptors (Lipinski definition) is 2. The van der Waals surface area contributed by atoms with Gasteiger partial charge in [-0.2, -0.15) is 0 Å². The Morgan fingerprint density at radius 1 is 1.04 bits per heavy atom. The van der Waals surface area contributed by atoms with E-state index in [9.17, 15) is 9.18 Å². The van der Waals surface area contributed by atoms with Crippen LogP contribution in [0.4, 0.5) is 10.1 Å². The van der Waals surface area contributed by atoms with Crippen LogP contribution in [0, 0.1) is 5.82 Å². The van der Waals surface area contributed by atoms with Crippen molar-refractivity contribution in [3.63, 3.8) is 0 Å². The summed E-state index contributed by atoms with van der Waals surface area (Å²) >= 11 is 0. The van der Waals surface area contributed by atoms with Gasteiger partial charge in [0.2, 0.25) is 5.91 Å². The van der Waals surface area contributed by atoms with Crippen LogP contribution in [0.15, 0.2) is 54.6 Å². The van der Waals surface area contributed by atoms with Crippen molar-refractivity contribution >= 4 is 11.6 Å². The van der Waals surface area contributed by atoms with Crippen LogP contribution in [0.1, 0.15) is 18.9 Å². The normalized spacial score (nSPS) is 10.5. The topological polar surface area (TPSA) is 32.3 Å². The Kier molecular flexibility index (Phi) is 6.76. The van der Waals surface area contributed by atoms with Gasteiger partial charge in [0.25, 0.3) is 0 Å². The van der Waals surface area contributed by atoms with E-state index in [1.165, 1.54) is 6.07 Å². The summed E-state index contributed by atoms with van der Waals surface area (Å²) in [6.45, 7) is 3.87. The Hall–Kier alpha value is -2.20. The van der Waals surface area contributed by atoms with Crippen molar-refractivity contribution in [1.29, 1.82) is 0 Å². The summed E-state index contributed by atoms with van der Waals surface area (Å²) in [5.74, 6) is -0.0799. The molecule has 0 atom stereocenters. The summed E-state index contributed by atoms with van der Waals surface area (Å²) in [6, 6.07) is 16.4. The van der Waals surface area contributed by atoms with Gasteiger partial charge in [-0.3, -0.25) is 4.79 Å². The van der Waals surface area contributed by atoms with E-state index in [2.05, 4.69) is 5.32 Å². The molecule has 0 aliphatic carbocycles. The first kappa shape index (κ1) is 17.2. The van der Waals surface area contributed by atoms with Gasteiger partial charge in [0.15, 0.2) is 0 Å². The quantitative estimate of drug-likeness (QED) is 0.757. The van der Waals surface area contributed by atoms with Crippen molar-refractivity contribution in [2.24, 2.45) is 0 Å². The number of anilines is 1. The molecular formula is C19H23FN2O. The van der Waals surface area contributed by atoms with Gasteiger partial charge >= 0.3 is 0 Å². The molecule has 0 bridgehead atoms. The van der Waals surface area contributed by atoms with Crippen LogP contribution in [-0.4, -0.2) is 25.5 Å². The maximum Gasteiger partial charge on any atom is 0.228 e. The first-order valence-electron chi connectivity index (χ1n) is 8.02. The predicted molar refractivity (Wildman–Crippen MR) is 92.1 cm³/mol. The smallest absolute Gasteiger partial charge is 0.228 e. The van der Waals surface area contributed by atoms with Gasteiger partial charge in [-0.05, 0) is 43.7 Å². The molecule has 3 nitrogen and oxygen atoms in total. The van der Waals surface area contributed by atoms with Gasteiger partial charge in [-0.1, -0.05) is 36.4 Å². The average molecular weight is 314 g/mol. The Balaban J connectivity index is 1.73. The number of carbonyl (C=O) groups is 1. The van der Waals surface area contributed by atoms with Crippen molar-refractivity contribution in [3.05, 3.63) is 66.0 Å². The monoisotopic (exact) mass is 314 g/mol. The highest BCUT2D eigenvalue weighted by molar-refractivity contribution is 5.93. The van der Waals surface area contributed by atoms with Crippen molar-refractivity contribution in [3.8, 4) is 0 Å². The number of carbonyl (C=O) groups excluding carboxylic acids is 1. The molecule has 2 rings (SSSR count). The van der Waals surface area contributed by atoms with Crippen molar-refractivity contribution in [2.75, 3.05) is 24.5 Å². The fraction of sp³-hybridized carbons (Fsp3) is 0.316. The molecule has 0 saturated carbocycles. The second-order valence-electron chi connectivity index (χ2n) is 5.31. The number of hydrogen-bond donors (Lipinski definition) is 1. The number of benzene rings is 2. The number of nitrogens with zero attached hydrogens (tertiary/aromatic N) is 1. The maximum atomic E-state index is 13.5. The first-order valence-corrected chi connectivity index (χ1v) is 8.02. The fourth-order valence-electron chi connectivity index (χ4n) is 2.49. The Morgan fingerprint density at radius 2 is 1.74 bits per heavy atom. The van der Waals surface area contributed by atoms with E-state index < -0.39 is 0 Å². The zero-order chi connectivity index (χ0) is 16.5. The van der Waals surface area contributed by atoms with Crippen LogP contribution < -0.4 is 10.2 Å². The molecule has 0 aromatic heterocycles. The molecule has 0 spiro atoms. The standard InChI is InChI=1S/C19H23FN2O/c1-2-22(17-9-4-3-5-10-17)19(23)13-15-21-14-12-16-8-6-7-11-18(16)20/h3-11,21H,2,12-15H2,1H3. The molecule has 0 aliphatic heterocycles. The molecule has 0 heterocycles. The molecule has 1 amide bonds. The van der Waals surface area contributed by atoms with Crippen LogP contribution in [0.5, 0.6) is 0 Å². The third-order valence-corrected chi connectivity index (χ3v) is 3.73. The molecule has 23 heavy (non-hydrogen) atoms. The molecule has 4 heteroatoms. The summed E-state index contributed by atoms with van der Waals surface area (Å²) < 4.78 is 13.5. The molecule has 0 unspecified atom stereocenters. The van der Waals surface area contributed by atoms with Crippen LogP contribution in [0.2, 0.25) is 0 Å². The summed E-state index contributed by atoms with van der Waals surface area (Å²) in [7, 11) is 0. The maximum absolute atomic E-state index is 13.5. The SMILES string of the molecule is CCN(C(=O)CCNCCc1ccccc1F)c1ccccc1. The van der Waals surface area contributed by atoms with Crippen LogP contribution in [0.25, 0.3) is 0 Å². The van der Waals surface area contributed by atoms with Crippen LogP contribution in [-0.2, 0) is 11.2 Å². The molecule has 0 radical (unpaired) electrons. The second kappa shape index (κ2) is 9.06. The van der Waals surface area contributed by atoms with Crippen molar-refractivity contribution in [2.45, 2.75) is 19.8 Å². The van der Waals surface area contributed by atoms with Gasteiger partial charge in [0, 0.05) is 25.2 Å². The number of para-hydroxylation sites is 1. The zero-order valence-corrected chi connectivity index (χ0v) is 13.5. The third-order valence-electron chi connectivity index (χ3n) is 3.73. The minimum atomic E-state index is -0.174. The van der Waals surface area contributed by atoms with E-state index in [1.54, 1.807) is 17.0 Å². The lowest BCUT2D eigenvalue weighted by atomic mass is 10.1. The fourth-order valence-corrected chi connectivity index (χ4v) is 2.49. The van der Waals surface area contributed by atoms with Gasteiger partial charge in [0.1, 0.15) is 5.82 Å². The van der Waals surface area contributed by atoms with Crippen LogP contribution in [0.3, 0.4) is 0 Å². The summed E-state index contributed by atoms with van der Waals surface area (Å²) in [5, 5.41) is 3.21. The Labute approximate surface area is 137 Å². The predicted octanol–water partition coefficient (Wildman–Crippen LogP) is 3.40. The molecule has 2 aromatic rings. The van der Waals surface area contributed by atoms with E-state index in [1.807, 2.05) is 43.3 Å². The number of halogens is 1. The van der Waals surface area contributed by atoms with Crippen molar-refractivity contribution < 1.29 is 9.18 Å². The summed E-state index contributed by atoms with van der Waals surface area (Å²) in [4.78, 5) is 14.1. The average Bonchev–Trinajstić information content (AvgIpc) is 2.58. The summed E-state index contributed by atoms with van der Waals surface area (Å²) in [5.41, 5.74) is 1.62. The van der Waals surface area contributed by atoms with Gasteiger partial charge in [-0.15, -0.1) is 0 Å². The molecular weight excluding hydrogens is 291 g/mol. The molecule has 0 fully saturated rings. The van der Waals surface area contributed by atoms with Gasteiger partial charge in [0.05, 0.1) is 0 Å². The molecule has 122 valence electrons. The molecule has 2 aromatic carbocycles. The van der Waals surface area contributed by atoms with Crippen LogP contribution >= 0.6 is 0 Å². The minimum Gasteiger partial charge on any atom is -0.316 e. The Morgan fingerprint density at radius 3 is 2.43 bits per heavy atom. The van der Waals surface area contributed by atoms with E-state index >= 15 is 0 Å². The minimum absolute atomic E-state index is 0.0945. The number of amides is 1. The first-order chi connectivity index (χ1) is 11.2. The third kappa shape index (κ3) is 5.18. The number of rotatable bonds is 8. The highest BCUT2D eigenvalue weighted by Crippen LogP contribution is 2.13. The lowest BCUT2D eigenvalue weighted by Crippen LogP contribution is -2.33. The zero-order valence-electron chi connectivity index (χ0n) is 13.5. The number of nitrogens with one attached hydrogen (secondary N) is 1.